The Labute approximate surface area is 142 Å². The van der Waals surface area contributed by atoms with E-state index < -0.39 is 0 Å². The van der Waals surface area contributed by atoms with Crippen molar-refractivity contribution in [1.82, 2.24) is 30.0 Å². The van der Waals surface area contributed by atoms with Crippen LogP contribution in [0.5, 0.6) is 0 Å². The molecule has 0 saturated carbocycles. The minimum atomic E-state index is -0.389. The van der Waals surface area contributed by atoms with Gasteiger partial charge in [-0.3, -0.25) is 9.69 Å². The second-order valence-electron chi connectivity index (χ2n) is 6.16. The van der Waals surface area contributed by atoms with Gasteiger partial charge in [0.2, 0.25) is 5.91 Å². The SMILES string of the molecule is CCCN1CCN(C(=O)C(Cc2ccccc2)n2cnnn2)CC1. The summed E-state index contributed by atoms with van der Waals surface area (Å²) in [6.07, 6.45) is 3.27. The van der Waals surface area contributed by atoms with Crippen LogP contribution in [0, 0.1) is 0 Å². The van der Waals surface area contributed by atoms with E-state index in [2.05, 4.69) is 27.3 Å². The van der Waals surface area contributed by atoms with E-state index in [0.29, 0.717) is 6.42 Å². The second kappa shape index (κ2) is 8.01. The van der Waals surface area contributed by atoms with Crippen molar-refractivity contribution in [3.8, 4) is 0 Å². The normalized spacial score (nSPS) is 17.0. The molecule has 24 heavy (non-hydrogen) atoms. The molecular weight excluding hydrogens is 304 g/mol. The van der Waals surface area contributed by atoms with Crippen LogP contribution in [0.4, 0.5) is 0 Å². The molecule has 2 heterocycles. The molecule has 1 saturated heterocycles. The number of hydrogen-bond acceptors (Lipinski definition) is 5. The summed E-state index contributed by atoms with van der Waals surface area (Å²) in [7, 11) is 0. The first-order valence-corrected chi connectivity index (χ1v) is 8.55. The third-order valence-electron chi connectivity index (χ3n) is 4.46. The van der Waals surface area contributed by atoms with E-state index in [0.717, 1.165) is 44.7 Å². The van der Waals surface area contributed by atoms with Crippen LogP contribution in [0.15, 0.2) is 36.7 Å². The van der Waals surface area contributed by atoms with Crippen molar-refractivity contribution in [3.63, 3.8) is 0 Å². The lowest BCUT2D eigenvalue weighted by molar-refractivity contribution is -0.136. The van der Waals surface area contributed by atoms with Gasteiger partial charge in [-0.2, -0.15) is 0 Å². The Hall–Kier alpha value is -2.28. The van der Waals surface area contributed by atoms with Gasteiger partial charge >= 0.3 is 0 Å². The summed E-state index contributed by atoms with van der Waals surface area (Å²) in [5, 5.41) is 11.4. The zero-order valence-corrected chi connectivity index (χ0v) is 14.1. The van der Waals surface area contributed by atoms with Crippen LogP contribution in [0.1, 0.15) is 24.9 Å². The predicted molar refractivity (Wildman–Crippen MR) is 90.3 cm³/mol. The Kier molecular flexibility index (Phi) is 5.53. The first-order valence-electron chi connectivity index (χ1n) is 8.55. The van der Waals surface area contributed by atoms with Gasteiger partial charge < -0.3 is 4.90 Å². The average molecular weight is 328 g/mol. The molecule has 0 aliphatic carbocycles. The highest BCUT2D eigenvalue weighted by Gasteiger charge is 2.29. The molecule has 1 aromatic heterocycles. The highest BCUT2D eigenvalue weighted by Crippen LogP contribution is 2.17. The molecule has 1 aliphatic rings. The van der Waals surface area contributed by atoms with Crippen molar-refractivity contribution in [2.75, 3.05) is 32.7 Å². The van der Waals surface area contributed by atoms with Crippen molar-refractivity contribution in [2.45, 2.75) is 25.8 Å². The summed E-state index contributed by atoms with van der Waals surface area (Å²) in [5.41, 5.74) is 1.11. The van der Waals surface area contributed by atoms with Crippen molar-refractivity contribution in [1.29, 1.82) is 0 Å². The first-order chi connectivity index (χ1) is 11.8. The highest BCUT2D eigenvalue weighted by atomic mass is 16.2. The van der Waals surface area contributed by atoms with Crippen molar-refractivity contribution in [3.05, 3.63) is 42.2 Å². The molecule has 0 spiro atoms. The molecule has 1 fully saturated rings. The van der Waals surface area contributed by atoms with E-state index >= 15 is 0 Å². The lowest BCUT2D eigenvalue weighted by Gasteiger charge is -2.36. The van der Waals surface area contributed by atoms with E-state index in [9.17, 15) is 4.79 Å². The smallest absolute Gasteiger partial charge is 0.248 e. The van der Waals surface area contributed by atoms with Crippen LogP contribution in [-0.4, -0.2) is 68.6 Å². The molecule has 7 nitrogen and oxygen atoms in total. The standard InChI is InChI=1S/C17H24N6O/c1-2-8-21-9-11-22(12-10-21)17(24)16(23-14-18-19-20-23)13-15-6-4-3-5-7-15/h3-7,14,16H,2,8-13H2,1H3. The summed E-state index contributed by atoms with van der Waals surface area (Å²) in [5.74, 6) is 0.0994. The van der Waals surface area contributed by atoms with E-state index in [1.165, 1.54) is 6.33 Å². The number of carbonyl (C=O) groups is 1. The molecule has 1 unspecified atom stereocenters. The average Bonchev–Trinajstić information content (AvgIpc) is 3.15. The van der Waals surface area contributed by atoms with Gasteiger partial charge in [0, 0.05) is 32.6 Å². The maximum Gasteiger partial charge on any atom is 0.248 e. The Morgan fingerprint density at radius 2 is 1.92 bits per heavy atom. The van der Waals surface area contributed by atoms with Crippen molar-refractivity contribution < 1.29 is 4.79 Å². The molecular formula is C17H24N6O. The van der Waals surface area contributed by atoms with Gasteiger partial charge in [0.25, 0.3) is 0 Å². The molecule has 128 valence electrons. The number of nitrogens with zero attached hydrogens (tertiary/aromatic N) is 6. The fourth-order valence-corrected chi connectivity index (χ4v) is 3.16. The van der Waals surface area contributed by atoms with E-state index in [-0.39, 0.29) is 11.9 Å². The number of aromatic nitrogens is 4. The van der Waals surface area contributed by atoms with Gasteiger partial charge in [-0.25, -0.2) is 4.68 Å². The summed E-state index contributed by atoms with van der Waals surface area (Å²) in [6, 6.07) is 9.62. The van der Waals surface area contributed by atoms with Crippen LogP contribution >= 0.6 is 0 Å². The monoisotopic (exact) mass is 328 g/mol. The molecule has 1 aromatic carbocycles. The molecule has 0 radical (unpaired) electrons. The van der Waals surface area contributed by atoms with Crippen molar-refractivity contribution >= 4 is 5.91 Å². The quantitative estimate of drug-likeness (QED) is 0.792. The molecule has 0 N–H and O–H groups in total. The van der Waals surface area contributed by atoms with E-state index in [4.69, 9.17) is 0 Å². The van der Waals surface area contributed by atoms with Crippen LogP contribution < -0.4 is 0 Å². The van der Waals surface area contributed by atoms with Gasteiger partial charge in [-0.1, -0.05) is 37.3 Å². The molecule has 1 aliphatic heterocycles. The summed E-state index contributed by atoms with van der Waals surface area (Å²) >= 11 is 0. The molecule has 1 amide bonds. The lowest BCUT2D eigenvalue weighted by Crippen LogP contribution is -2.51. The number of carbonyl (C=O) groups excluding carboxylic acids is 1. The third kappa shape index (κ3) is 3.97. The fourth-order valence-electron chi connectivity index (χ4n) is 3.16. The number of piperazine rings is 1. The summed E-state index contributed by atoms with van der Waals surface area (Å²) < 4.78 is 1.58. The number of hydrogen-bond donors (Lipinski definition) is 0. The Morgan fingerprint density at radius 3 is 2.54 bits per heavy atom. The minimum absolute atomic E-state index is 0.0994. The highest BCUT2D eigenvalue weighted by molar-refractivity contribution is 5.80. The molecule has 1 atom stereocenters. The van der Waals surface area contributed by atoms with Gasteiger partial charge in [-0.05, 0) is 29.0 Å². The van der Waals surface area contributed by atoms with Gasteiger partial charge in [0.05, 0.1) is 0 Å². The number of benzene rings is 1. The zero-order valence-electron chi connectivity index (χ0n) is 14.1. The van der Waals surface area contributed by atoms with Crippen LogP contribution in [0.3, 0.4) is 0 Å². The van der Waals surface area contributed by atoms with Crippen LogP contribution in [0.2, 0.25) is 0 Å². The van der Waals surface area contributed by atoms with E-state index in [1.54, 1.807) is 4.68 Å². The molecule has 7 heteroatoms. The number of rotatable bonds is 6. The predicted octanol–water partition coefficient (Wildman–Crippen LogP) is 1.01. The maximum atomic E-state index is 13.1. The fraction of sp³-hybridized carbons (Fsp3) is 0.529. The van der Waals surface area contributed by atoms with Gasteiger partial charge in [0.15, 0.2) is 0 Å². The zero-order chi connectivity index (χ0) is 16.8. The first kappa shape index (κ1) is 16.6. The molecule has 0 bridgehead atoms. The number of tetrazole rings is 1. The summed E-state index contributed by atoms with van der Waals surface area (Å²) in [4.78, 5) is 17.4. The van der Waals surface area contributed by atoms with Crippen LogP contribution in [-0.2, 0) is 11.2 Å². The van der Waals surface area contributed by atoms with Crippen molar-refractivity contribution in [2.24, 2.45) is 0 Å². The summed E-state index contributed by atoms with van der Waals surface area (Å²) in [6.45, 7) is 6.70. The second-order valence-corrected chi connectivity index (χ2v) is 6.16. The Morgan fingerprint density at radius 1 is 1.17 bits per heavy atom. The van der Waals surface area contributed by atoms with E-state index in [1.807, 2.05) is 35.2 Å². The molecule has 2 aromatic rings. The topological polar surface area (TPSA) is 67.2 Å². The lowest BCUT2D eigenvalue weighted by atomic mass is 10.0. The minimum Gasteiger partial charge on any atom is -0.338 e. The van der Waals surface area contributed by atoms with Gasteiger partial charge in [0.1, 0.15) is 12.4 Å². The number of amides is 1. The third-order valence-corrected chi connectivity index (χ3v) is 4.46. The van der Waals surface area contributed by atoms with Crippen LogP contribution in [0.25, 0.3) is 0 Å². The Balaban J connectivity index is 1.70. The molecule has 3 rings (SSSR count). The Bertz CT molecular complexity index is 622. The van der Waals surface area contributed by atoms with Gasteiger partial charge in [-0.15, -0.1) is 5.10 Å². The maximum absolute atomic E-state index is 13.1. The largest absolute Gasteiger partial charge is 0.338 e.